The van der Waals surface area contributed by atoms with Crippen LogP contribution in [0.5, 0.6) is 0 Å². The lowest BCUT2D eigenvalue weighted by Gasteiger charge is -2.13. The van der Waals surface area contributed by atoms with Crippen molar-refractivity contribution >= 4 is 28.8 Å². The number of hydrogen-bond acceptors (Lipinski definition) is 4. The molecule has 3 rings (SSSR count). The van der Waals surface area contributed by atoms with Crippen LogP contribution in [0, 0.1) is 0 Å². The normalized spacial score (nSPS) is 12.1. The van der Waals surface area contributed by atoms with E-state index in [-0.39, 0.29) is 11.7 Å². The molecule has 2 heterocycles. The number of benzene rings is 1. The van der Waals surface area contributed by atoms with Gasteiger partial charge in [0, 0.05) is 6.54 Å². The van der Waals surface area contributed by atoms with Crippen molar-refractivity contribution in [3.63, 3.8) is 0 Å². The van der Waals surface area contributed by atoms with Gasteiger partial charge < -0.3 is 14.3 Å². The summed E-state index contributed by atoms with van der Waals surface area (Å²) in [4.78, 5) is 28.7. The molecule has 3 aromatic rings. The maximum absolute atomic E-state index is 12.4. The maximum Gasteiger partial charge on any atom is 0.287 e. The minimum absolute atomic E-state index is 0.162. The van der Waals surface area contributed by atoms with Crippen molar-refractivity contribution in [2.45, 2.75) is 26.4 Å². The van der Waals surface area contributed by atoms with Crippen molar-refractivity contribution in [1.29, 1.82) is 0 Å². The van der Waals surface area contributed by atoms with Gasteiger partial charge in [0.15, 0.2) is 5.76 Å². The van der Waals surface area contributed by atoms with Gasteiger partial charge in [-0.2, -0.15) is 0 Å². The fourth-order valence-electron chi connectivity index (χ4n) is 2.45. The molecule has 2 aromatic heterocycles. The number of imidazole rings is 1. The van der Waals surface area contributed by atoms with Gasteiger partial charge in [-0.3, -0.25) is 14.9 Å². The average molecular weight is 326 g/mol. The standard InChI is InChI=1S/C17H18N4O3/c1-3-21-13-8-5-4-7-12(13)19-17(21)20-15(22)11(2)18-16(23)14-9-6-10-24-14/h4-11H,3H2,1-2H3,(H,18,23)(H,19,20,22)/t11-/m0/s1. The topological polar surface area (TPSA) is 89.2 Å². The number of para-hydroxylation sites is 2. The van der Waals surface area contributed by atoms with Gasteiger partial charge in [0.2, 0.25) is 11.9 Å². The van der Waals surface area contributed by atoms with Crippen molar-refractivity contribution in [2.24, 2.45) is 0 Å². The third kappa shape index (κ3) is 3.01. The first-order valence-electron chi connectivity index (χ1n) is 7.70. The molecule has 0 aliphatic rings. The molecule has 0 radical (unpaired) electrons. The second kappa shape index (κ2) is 6.57. The molecule has 0 saturated carbocycles. The minimum atomic E-state index is -0.729. The Morgan fingerprint density at radius 1 is 1.25 bits per heavy atom. The molecule has 7 heteroatoms. The van der Waals surface area contributed by atoms with Crippen molar-refractivity contribution in [2.75, 3.05) is 5.32 Å². The summed E-state index contributed by atoms with van der Waals surface area (Å²) in [6.45, 7) is 4.25. The maximum atomic E-state index is 12.4. The first-order valence-corrected chi connectivity index (χ1v) is 7.70. The molecule has 0 spiro atoms. The predicted octanol–water partition coefficient (Wildman–Crippen LogP) is 2.41. The van der Waals surface area contributed by atoms with Gasteiger partial charge in [-0.15, -0.1) is 0 Å². The Kier molecular flexibility index (Phi) is 4.33. The fourth-order valence-corrected chi connectivity index (χ4v) is 2.45. The zero-order chi connectivity index (χ0) is 17.1. The van der Waals surface area contributed by atoms with Crippen LogP contribution in [0.2, 0.25) is 0 Å². The van der Waals surface area contributed by atoms with Gasteiger partial charge in [0.25, 0.3) is 5.91 Å². The summed E-state index contributed by atoms with van der Waals surface area (Å²) in [6.07, 6.45) is 1.41. The van der Waals surface area contributed by atoms with E-state index in [1.54, 1.807) is 13.0 Å². The van der Waals surface area contributed by atoms with Crippen molar-refractivity contribution < 1.29 is 14.0 Å². The van der Waals surface area contributed by atoms with Crippen LogP contribution >= 0.6 is 0 Å². The highest BCUT2D eigenvalue weighted by Crippen LogP contribution is 2.19. The van der Waals surface area contributed by atoms with Crippen molar-refractivity contribution in [1.82, 2.24) is 14.9 Å². The zero-order valence-corrected chi connectivity index (χ0v) is 13.4. The van der Waals surface area contributed by atoms with E-state index < -0.39 is 11.9 Å². The number of carbonyl (C=O) groups excluding carboxylic acids is 2. The van der Waals surface area contributed by atoms with Crippen LogP contribution in [0.1, 0.15) is 24.4 Å². The minimum Gasteiger partial charge on any atom is -0.459 e. The summed E-state index contributed by atoms with van der Waals surface area (Å²) in [6, 6.07) is 10.1. The van der Waals surface area contributed by atoms with Gasteiger partial charge in [-0.1, -0.05) is 12.1 Å². The van der Waals surface area contributed by atoms with E-state index in [0.717, 1.165) is 11.0 Å². The molecule has 0 bridgehead atoms. The Balaban J connectivity index is 1.73. The van der Waals surface area contributed by atoms with Gasteiger partial charge in [-0.25, -0.2) is 4.98 Å². The number of furan rings is 1. The highest BCUT2D eigenvalue weighted by Gasteiger charge is 2.20. The monoisotopic (exact) mass is 326 g/mol. The number of nitrogens with one attached hydrogen (secondary N) is 2. The molecule has 0 aliphatic carbocycles. The molecule has 0 unspecified atom stereocenters. The lowest BCUT2D eigenvalue weighted by Crippen LogP contribution is -2.41. The Hall–Kier alpha value is -3.09. The quantitative estimate of drug-likeness (QED) is 0.753. The number of aromatic nitrogens is 2. The molecule has 0 saturated heterocycles. The average Bonchev–Trinajstić information content (AvgIpc) is 3.22. The van der Waals surface area contributed by atoms with Crippen LogP contribution in [0.3, 0.4) is 0 Å². The number of fused-ring (bicyclic) bond motifs is 1. The molecular weight excluding hydrogens is 308 g/mol. The second-order valence-corrected chi connectivity index (χ2v) is 5.33. The first kappa shape index (κ1) is 15.8. The number of nitrogens with zero attached hydrogens (tertiary/aromatic N) is 2. The molecule has 0 fully saturated rings. The summed E-state index contributed by atoms with van der Waals surface area (Å²) in [5.41, 5.74) is 1.75. The Morgan fingerprint density at radius 2 is 2.04 bits per heavy atom. The number of aryl methyl sites for hydroxylation is 1. The lowest BCUT2D eigenvalue weighted by molar-refractivity contribution is -0.117. The lowest BCUT2D eigenvalue weighted by atomic mass is 10.3. The third-order valence-electron chi connectivity index (χ3n) is 3.69. The Bertz CT molecular complexity index is 867. The summed E-state index contributed by atoms with van der Waals surface area (Å²) >= 11 is 0. The SMILES string of the molecule is CCn1c(NC(=O)[C@H](C)NC(=O)c2ccco2)nc2ccccc21. The van der Waals surface area contributed by atoms with Crippen LogP contribution in [0.25, 0.3) is 11.0 Å². The number of rotatable bonds is 5. The molecule has 2 N–H and O–H groups in total. The highest BCUT2D eigenvalue weighted by atomic mass is 16.3. The highest BCUT2D eigenvalue weighted by molar-refractivity contribution is 5.99. The largest absolute Gasteiger partial charge is 0.459 e. The van der Waals surface area contributed by atoms with E-state index in [9.17, 15) is 9.59 Å². The number of anilines is 1. The molecule has 1 atom stereocenters. The van der Waals surface area contributed by atoms with E-state index in [1.807, 2.05) is 35.8 Å². The molecule has 124 valence electrons. The van der Waals surface area contributed by atoms with E-state index in [2.05, 4.69) is 15.6 Å². The van der Waals surface area contributed by atoms with Gasteiger partial charge in [0.1, 0.15) is 6.04 Å². The van der Waals surface area contributed by atoms with E-state index in [1.165, 1.54) is 12.3 Å². The first-order chi connectivity index (χ1) is 11.6. The summed E-state index contributed by atoms with van der Waals surface area (Å²) < 4.78 is 6.92. The van der Waals surface area contributed by atoms with Crippen LogP contribution < -0.4 is 10.6 Å². The van der Waals surface area contributed by atoms with Crippen LogP contribution in [0.4, 0.5) is 5.95 Å². The van der Waals surface area contributed by atoms with Gasteiger partial charge in [0.05, 0.1) is 17.3 Å². The second-order valence-electron chi connectivity index (χ2n) is 5.33. The Labute approximate surface area is 138 Å². The molecule has 2 amide bonds. The molecule has 24 heavy (non-hydrogen) atoms. The predicted molar refractivity (Wildman–Crippen MR) is 89.7 cm³/mol. The van der Waals surface area contributed by atoms with Crippen LogP contribution in [-0.2, 0) is 11.3 Å². The number of amides is 2. The van der Waals surface area contributed by atoms with Crippen molar-refractivity contribution in [3.8, 4) is 0 Å². The summed E-state index contributed by atoms with van der Waals surface area (Å²) in [7, 11) is 0. The van der Waals surface area contributed by atoms with E-state index in [0.29, 0.717) is 12.5 Å². The molecule has 0 aliphatic heterocycles. The van der Waals surface area contributed by atoms with Crippen molar-refractivity contribution in [3.05, 3.63) is 48.4 Å². The van der Waals surface area contributed by atoms with E-state index in [4.69, 9.17) is 4.42 Å². The molecule has 7 nitrogen and oxygen atoms in total. The van der Waals surface area contributed by atoms with Gasteiger partial charge >= 0.3 is 0 Å². The van der Waals surface area contributed by atoms with Crippen LogP contribution in [0.15, 0.2) is 47.1 Å². The summed E-state index contributed by atoms with van der Waals surface area (Å²) in [5, 5.41) is 5.36. The molecule has 1 aromatic carbocycles. The Morgan fingerprint density at radius 3 is 2.75 bits per heavy atom. The zero-order valence-electron chi connectivity index (χ0n) is 13.4. The van der Waals surface area contributed by atoms with Crippen LogP contribution in [-0.4, -0.2) is 27.4 Å². The smallest absolute Gasteiger partial charge is 0.287 e. The van der Waals surface area contributed by atoms with E-state index >= 15 is 0 Å². The number of hydrogen-bond donors (Lipinski definition) is 2. The fraction of sp³-hybridized carbons (Fsp3) is 0.235. The molecular formula is C17H18N4O3. The summed E-state index contributed by atoms with van der Waals surface area (Å²) in [5.74, 6) is -0.162. The third-order valence-corrected chi connectivity index (χ3v) is 3.69. The van der Waals surface area contributed by atoms with Gasteiger partial charge in [-0.05, 0) is 38.1 Å². The number of carbonyl (C=O) groups is 2.